The molecule has 0 atom stereocenters. The fourth-order valence-corrected chi connectivity index (χ4v) is 0.757. The Labute approximate surface area is 66.7 Å². The predicted molar refractivity (Wildman–Crippen MR) is 42.9 cm³/mol. The van der Waals surface area contributed by atoms with Crippen LogP contribution in [0, 0.1) is 0 Å². The van der Waals surface area contributed by atoms with E-state index in [1.807, 2.05) is 6.92 Å². The maximum atomic E-state index is 10.9. The van der Waals surface area contributed by atoms with Gasteiger partial charge in [-0.05, 0) is 12.5 Å². The van der Waals surface area contributed by atoms with Crippen molar-refractivity contribution in [2.45, 2.75) is 20.3 Å². The first-order valence-corrected chi connectivity index (χ1v) is 3.58. The first-order valence-electron chi connectivity index (χ1n) is 3.58. The highest BCUT2D eigenvalue weighted by Gasteiger charge is 2.12. The SMILES string of the molecule is C=CC(=O)N(CCC)C(C)=O. The summed E-state index contributed by atoms with van der Waals surface area (Å²) in [5, 5.41) is 0. The topological polar surface area (TPSA) is 37.4 Å². The molecule has 0 aromatic rings. The fraction of sp³-hybridized carbons (Fsp3) is 0.500. The molecule has 0 rings (SSSR count). The van der Waals surface area contributed by atoms with Crippen LogP contribution in [0.4, 0.5) is 0 Å². The Morgan fingerprint density at radius 2 is 2.09 bits per heavy atom. The van der Waals surface area contributed by atoms with Gasteiger partial charge in [0.2, 0.25) is 5.91 Å². The second-order valence-electron chi connectivity index (χ2n) is 2.21. The lowest BCUT2D eigenvalue weighted by Gasteiger charge is -2.15. The van der Waals surface area contributed by atoms with Crippen molar-refractivity contribution < 1.29 is 9.59 Å². The number of carbonyl (C=O) groups is 2. The highest BCUT2D eigenvalue weighted by atomic mass is 16.2. The Kier molecular flexibility index (Phi) is 4.18. The Bertz CT molecular complexity index is 175. The van der Waals surface area contributed by atoms with Crippen molar-refractivity contribution in [1.82, 2.24) is 4.90 Å². The van der Waals surface area contributed by atoms with Crippen LogP contribution in [-0.2, 0) is 9.59 Å². The molecule has 0 fully saturated rings. The molecular formula is C8H13NO2. The van der Waals surface area contributed by atoms with E-state index in [1.165, 1.54) is 11.8 Å². The molecule has 3 heteroatoms. The zero-order valence-corrected chi connectivity index (χ0v) is 6.96. The van der Waals surface area contributed by atoms with Gasteiger partial charge in [-0.2, -0.15) is 0 Å². The predicted octanol–water partition coefficient (Wildman–Crippen LogP) is 0.958. The number of imide groups is 1. The Morgan fingerprint density at radius 3 is 2.36 bits per heavy atom. The van der Waals surface area contributed by atoms with Gasteiger partial charge in [-0.15, -0.1) is 0 Å². The van der Waals surface area contributed by atoms with Crippen molar-refractivity contribution in [3.63, 3.8) is 0 Å². The summed E-state index contributed by atoms with van der Waals surface area (Å²) in [5.74, 6) is -0.545. The summed E-state index contributed by atoms with van der Waals surface area (Å²) in [5.41, 5.74) is 0. The average Bonchev–Trinajstić information content (AvgIpc) is 1.98. The summed E-state index contributed by atoms with van der Waals surface area (Å²) in [4.78, 5) is 22.9. The maximum absolute atomic E-state index is 10.9. The van der Waals surface area contributed by atoms with E-state index in [-0.39, 0.29) is 11.8 Å². The molecule has 11 heavy (non-hydrogen) atoms. The molecule has 0 aromatic heterocycles. The van der Waals surface area contributed by atoms with Crippen molar-refractivity contribution in [2.75, 3.05) is 6.54 Å². The molecule has 0 aliphatic carbocycles. The molecule has 0 aliphatic heterocycles. The van der Waals surface area contributed by atoms with E-state index in [0.29, 0.717) is 6.54 Å². The van der Waals surface area contributed by atoms with Crippen LogP contribution in [0.25, 0.3) is 0 Å². The smallest absolute Gasteiger partial charge is 0.252 e. The zero-order valence-electron chi connectivity index (χ0n) is 6.96. The van der Waals surface area contributed by atoms with Crippen LogP contribution in [0.3, 0.4) is 0 Å². The third kappa shape index (κ3) is 2.98. The van der Waals surface area contributed by atoms with Crippen LogP contribution in [-0.4, -0.2) is 23.3 Å². The van der Waals surface area contributed by atoms with E-state index in [4.69, 9.17) is 0 Å². The van der Waals surface area contributed by atoms with E-state index >= 15 is 0 Å². The van der Waals surface area contributed by atoms with E-state index in [2.05, 4.69) is 6.58 Å². The van der Waals surface area contributed by atoms with Crippen molar-refractivity contribution in [2.24, 2.45) is 0 Å². The van der Waals surface area contributed by atoms with Crippen molar-refractivity contribution in [3.05, 3.63) is 12.7 Å². The van der Waals surface area contributed by atoms with Gasteiger partial charge in [0.25, 0.3) is 5.91 Å². The molecule has 0 aromatic carbocycles. The van der Waals surface area contributed by atoms with Crippen LogP contribution in [0.2, 0.25) is 0 Å². The molecule has 0 radical (unpaired) electrons. The molecular weight excluding hydrogens is 142 g/mol. The zero-order chi connectivity index (χ0) is 8.85. The van der Waals surface area contributed by atoms with Crippen molar-refractivity contribution >= 4 is 11.8 Å². The Balaban J connectivity index is 4.20. The van der Waals surface area contributed by atoms with Gasteiger partial charge in [-0.3, -0.25) is 14.5 Å². The molecule has 0 heterocycles. The minimum Gasteiger partial charge on any atom is -0.279 e. The third-order valence-corrected chi connectivity index (χ3v) is 1.27. The minimum absolute atomic E-state index is 0.225. The van der Waals surface area contributed by atoms with Crippen LogP contribution >= 0.6 is 0 Å². The first kappa shape index (κ1) is 9.88. The number of nitrogens with zero attached hydrogens (tertiary/aromatic N) is 1. The summed E-state index contributed by atoms with van der Waals surface area (Å²) >= 11 is 0. The molecule has 2 amide bonds. The quantitative estimate of drug-likeness (QED) is 0.569. The highest BCUT2D eigenvalue weighted by Crippen LogP contribution is 1.93. The highest BCUT2D eigenvalue weighted by molar-refractivity contribution is 5.99. The van der Waals surface area contributed by atoms with Gasteiger partial charge in [0.15, 0.2) is 0 Å². The lowest BCUT2D eigenvalue weighted by molar-refractivity contribution is -0.140. The lowest BCUT2D eigenvalue weighted by atomic mass is 10.4. The molecule has 0 bridgehead atoms. The number of rotatable bonds is 3. The monoisotopic (exact) mass is 155 g/mol. The van der Waals surface area contributed by atoms with Gasteiger partial charge < -0.3 is 0 Å². The molecule has 62 valence electrons. The Morgan fingerprint density at radius 1 is 1.55 bits per heavy atom. The molecule has 0 unspecified atom stereocenters. The van der Waals surface area contributed by atoms with Gasteiger partial charge in [-0.1, -0.05) is 13.5 Å². The largest absolute Gasteiger partial charge is 0.279 e. The summed E-state index contributed by atoms with van der Waals surface area (Å²) in [6, 6.07) is 0. The summed E-state index contributed by atoms with van der Waals surface area (Å²) in [6.45, 7) is 7.06. The number of amides is 2. The average molecular weight is 155 g/mol. The summed E-state index contributed by atoms with van der Waals surface area (Å²) < 4.78 is 0. The molecule has 3 nitrogen and oxygen atoms in total. The van der Waals surface area contributed by atoms with Crippen molar-refractivity contribution in [3.8, 4) is 0 Å². The van der Waals surface area contributed by atoms with Crippen molar-refractivity contribution in [1.29, 1.82) is 0 Å². The summed E-state index contributed by atoms with van der Waals surface area (Å²) in [6.07, 6.45) is 1.93. The maximum Gasteiger partial charge on any atom is 0.252 e. The number of hydrogen-bond acceptors (Lipinski definition) is 2. The lowest BCUT2D eigenvalue weighted by Crippen LogP contribution is -2.34. The second-order valence-corrected chi connectivity index (χ2v) is 2.21. The van der Waals surface area contributed by atoms with Crippen LogP contribution in [0.5, 0.6) is 0 Å². The number of carbonyl (C=O) groups excluding carboxylic acids is 2. The molecule has 0 spiro atoms. The van der Waals surface area contributed by atoms with Gasteiger partial charge in [0.05, 0.1) is 0 Å². The van der Waals surface area contributed by atoms with Crippen LogP contribution < -0.4 is 0 Å². The van der Waals surface area contributed by atoms with E-state index < -0.39 is 0 Å². The third-order valence-electron chi connectivity index (χ3n) is 1.27. The normalized spacial score (nSPS) is 8.91. The van der Waals surface area contributed by atoms with E-state index in [1.54, 1.807) is 0 Å². The van der Waals surface area contributed by atoms with Crippen LogP contribution in [0.15, 0.2) is 12.7 Å². The summed E-state index contributed by atoms with van der Waals surface area (Å²) in [7, 11) is 0. The van der Waals surface area contributed by atoms with Gasteiger partial charge in [-0.25, -0.2) is 0 Å². The fourth-order valence-electron chi connectivity index (χ4n) is 0.757. The second kappa shape index (κ2) is 4.66. The van der Waals surface area contributed by atoms with E-state index in [9.17, 15) is 9.59 Å². The van der Waals surface area contributed by atoms with Gasteiger partial charge >= 0.3 is 0 Å². The first-order chi connectivity index (χ1) is 5.13. The molecule has 0 saturated heterocycles. The molecule has 0 N–H and O–H groups in total. The Hall–Kier alpha value is -1.12. The van der Waals surface area contributed by atoms with Crippen LogP contribution in [0.1, 0.15) is 20.3 Å². The molecule has 0 saturated carbocycles. The number of hydrogen-bond donors (Lipinski definition) is 0. The minimum atomic E-state index is -0.320. The molecule has 0 aliphatic rings. The standard InChI is InChI=1S/C8H13NO2/c1-4-6-9(7(3)10)8(11)5-2/h5H,2,4,6H2,1,3H3. The van der Waals surface area contributed by atoms with Gasteiger partial charge in [0.1, 0.15) is 0 Å². The van der Waals surface area contributed by atoms with E-state index in [0.717, 1.165) is 12.5 Å². The van der Waals surface area contributed by atoms with Gasteiger partial charge in [0, 0.05) is 13.5 Å².